The molecule has 0 aromatic heterocycles. The van der Waals surface area contributed by atoms with Crippen molar-refractivity contribution < 1.29 is 28.6 Å². The van der Waals surface area contributed by atoms with E-state index in [0.29, 0.717) is 19.3 Å². The Balaban J connectivity index is 4.39. The quantitative estimate of drug-likeness (QED) is 0.0262. The molecule has 0 aromatic carbocycles. The van der Waals surface area contributed by atoms with Crippen LogP contribution in [0.3, 0.4) is 0 Å². The summed E-state index contributed by atoms with van der Waals surface area (Å²) in [5.41, 5.74) is 0. The van der Waals surface area contributed by atoms with Gasteiger partial charge in [-0.15, -0.1) is 0 Å². The summed E-state index contributed by atoms with van der Waals surface area (Å²) in [6, 6.07) is 0. The Kier molecular flexibility index (Phi) is 55.3. The zero-order valence-electron chi connectivity index (χ0n) is 45.8. The molecule has 0 bridgehead atoms. The third kappa shape index (κ3) is 55.9. The van der Waals surface area contributed by atoms with Gasteiger partial charge in [0.2, 0.25) is 0 Å². The topological polar surface area (TPSA) is 78.9 Å². The molecule has 0 saturated heterocycles. The summed E-state index contributed by atoms with van der Waals surface area (Å²) in [5.74, 6) is -0.895. The molecule has 0 rings (SSSR count). The largest absolute Gasteiger partial charge is 0.462 e. The smallest absolute Gasteiger partial charge is 0.306 e. The van der Waals surface area contributed by atoms with Crippen LogP contribution < -0.4 is 0 Å². The SMILES string of the molecule is CC/C=C\C/C=C\C/C=C\C/C=C\CCCCCCC(=O)OC[C@H](COC(=O)CCCCCCCCC/C=C\CCCCCC)OC(=O)CCCCCCCCCCCCCCCCCCCCC. The molecule has 6 nitrogen and oxygen atoms in total. The van der Waals surface area contributed by atoms with Gasteiger partial charge in [0.15, 0.2) is 6.10 Å². The first kappa shape index (κ1) is 66.1. The average molecular weight is 966 g/mol. The van der Waals surface area contributed by atoms with Crippen molar-refractivity contribution in [1.82, 2.24) is 0 Å². The fraction of sp³-hybridized carbons (Fsp3) is 0.794. The second kappa shape index (κ2) is 57.7. The third-order valence-electron chi connectivity index (χ3n) is 13.0. The van der Waals surface area contributed by atoms with Gasteiger partial charge in [-0.25, -0.2) is 0 Å². The molecule has 0 aliphatic carbocycles. The highest BCUT2D eigenvalue weighted by atomic mass is 16.6. The van der Waals surface area contributed by atoms with E-state index in [1.165, 1.54) is 167 Å². The van der Waals surface area contributed by atoms with Crippen molar-refractivity contribution in [3.63, 3.8) is 0 Å². The lowest BCUT2D eigenvalue weighted by Gasteiger charge is -2.18. The van der Waals surface area contributed by atoms with E-state index in [4.69, 9.17) is 14.2 Å². The van der Waals surface area contributed by atoms with Gasteiger partial charge in [-0.1, -0.05) is 261 Å². The fourth-order valence-electron chi connectivity index (χ4n) is 8.55. The molecular formula is C63H112O6. The number of hydrogen-bond donors (Lipinski definition) is 0. The van der Waals surface area contributed by atoms with Crippen molar-refractivity contribution in [2.75, 3.05) is 13.2 Å². The number of hydrogen-bond acceptors (Lipinski definition) is 6. The van der Waals surface area contributed by atoms with Gasteiger partial charge in [0.25, 0.3) is 0 Å². The minimum absolute atomic E-state index is 0.0818. The minimum Gasteiger partial charge on any atom is -0.462 e. The second-order valence-electron chi connectivity index (χ2n) is 19.9. The van der Waals surface area contributed by atoms with Crippen molar-refractivity contribution in [3.8, 4) is 0 Å². The molecule has 400 valence electrons. The molecule has 6 heteroatoms. The molecule has 0 N–H and O–H groups in total. The molecular weight excluding hydrogens is 853 g/mol. The monoisotopic (exact) mass is 965 g/mol. The molecule has 0 unspecified atom stereocenters. The lowest BCUT2D eigenvalue weighted by molar-refractivity contribution is -0.167. The first-order chi connectivity index (χ1) is 34.0. The summed E-state index contributed by atoms with van der Waals surface area (Å²) in [6.07, 6.45) is 72.1. The van der Waals surface area contributed by atoms with Crippen LogP contribution in [0.4, 0.5) is 0 Å². The highest BCUT2D eigenvalue weighted by Gasteiger charge is 2.19. The van der Waals surface area contributed by atoms with Gasteiger partial charge in [0, 0.05) is 19.3 Å². The average Bonchev–Trinajstić information content (AvgIpc) is 3.35. The van der Waals surface area contributed by atoms with Crippen LogP contribution in [0.2, 0.25) is 0 Å². The van der Waals surface area contributed by atoms with Gasteiger partial charge in [-0.3, -0.25) is 14.4 Å². The van der Waals surface area contributed by atoms with Gasteiger partial charge in [-0.2, -0.15) is 0 Å². The standard InChI is InChI=1S/C63H112O6/c1-4-7-10-13-16-19-22-25-28-30-31-33-36-39-42-45-48-51-54-57-63(66)69-60(58-67-61(64)55-52-49-46-43-40-37-34-27-24-21-18-15-12-9-6-3)59-68-62(65)56-53-50-47-44-41-38-35-32-29-26-23-20-17-14-11-8-5-2/h8,11,17,20-21,24,26,29,35,38,60H,4-7,9-10,12-16,18-19,22-23,25,27-28,30-34,36-37,39-59H2,1-3H3/b11-8-,20-17-,24-21-,29-26-,38-35-/t60-/m0/s1. The fourth-order valence-corrected chi connectivity index (χ4v) is 8.55. The molecule has 0 aliphatic heterocycles. The number of unbranched alkanes of at least 4 members (excludes halogenated alkanes) is 33. The number of allylic oxidation sites excluding steroid dienone is 10. The van der Waals surface area contributed by atoms with E-state index in [0.717, 1.165) is 96.3 Å². The van der Waals surface area contributed by atoms with Gasteiger partial charge in [0.1, 0.15) is 13.2 Å². The van der Waals surface area contributed by atoms with Crippen LogP contribution in [0.15, 0.2) is 60.8 Å². The molecule has 0 aromatic rings. The number of carbonyl (C=O) groups is 3. The summed E-state index contributed by atoms with van der Waals surface area (Å²) in [7, 11) is 0. The maximum atomic E-state index is 12.9. The number of rotatable bonds is 54. The molecule has 0 heterocycles. The summed E-state index contributed by atoms with van der Waals surface area (Å²) in [6.45, 7) is 6.53. The molecule has 0 saturated carbocycles. The Morgan fingerprint density at radius 3 is 0.913 bits per heavy atom. The summed E-state index contributed by atoms with van der Waals surface area (Å²) < 4.78 is 16.9. The molecule has 1 atom stereocenters. The number of carbonyl (C=O) groups excluding carboxylic acids is 3. The van der Waals surface area contributed by atoms with Crippen LogP contribution in [-0.4, -0.2) is 37.2 Å². The van der Waals surface area contributed by atoms with Crippen LogP contribution in [0.1, 0.15) is 303 Å². The Morgan fingerprint density at radius 1 is 0.304 bits per heavy atom. The molecule has 0 amide bonds. The molecule has 69 heavy (non-hydrogen) atoms. The van der Waals surface area contributed by atoms with Crippen LogP contribution in [0.25, 0.3) is 0 Å². The van der Waals surface area contributed by atoms with Gasteiger partial charge in [0.05, 0.1) is 0 Å². The zero-order chi connectivity index (χ0) is 50.0. The molecule has 0 radical (unpaired) electrons. The molecule has 0 aliphatic rings. The van der Waals surface area contributed by atoms with Gasteiger partial charge < -0.3 is 14.2 Å². The van der Waals surface area contributed by atoms with Crippen molar-refractivity contribution in [3.05, 3.63) is 60.8 Å². The van der Waals surface area contributed by atoms with Gasteiger partial charge >= 0.3 is 17.9 Å². The van der Waals surface area contributed by atoms with Crippen LogP contribution in [0.5, 0.6) is 0 Å². The van der Waals surface area contributed by atoms with Crippen molar-refractivity contribution in [2.45, 2.75) is 309 Å². The van der Waals surface area contributed by atoms with Crippen molar-refractivity contribution in [1.29, 1.82) is 0 Å². The summed E-state index contributed by atoms with van der Waals surface area (Å²) >= 11 is 0. The second-order valence-corrected chi connectivity index (χ2v) is 19.9. The predicted octanol–water partition coefficient (Wildman–Crippen LogP) is 20.0. The Morgan fingerprint density at radius 2 is 0.565 bits per heavy atom. The van der Waals surface area contributed by atoms with E-state index in [2.05, 4.69) is 81.5 Å². The number of ether oxygens (including phenoxy) is 3. The van der Waals surface area contributed by atoms with Crippen LogP contribution in [-0.2, 0) is 28.6 Å². The van der Waals surface area contributed by atoms with E-state index in [-0.39, 0.29) is 31.1 Å². The summed E-state index contributed by atoms with van der Waals surface area (Å²) in [5, 5.41) is 0. The van der Waals surface area contributed by atoms with E-state index >= 15 is 0 Å². The maximum Gasteiger partial charge on any atom is 0.306 e. The Hall–Kier alpha value is -2.89. The van der Waals surface area contributed by atoms with E-state index in [1.807, 2.05) is 0 Å². The maximum absolute atomic E-state index is 12.9. The van der Waals surface area contributed by atoms with Crippen LogP contribution >= 0.6 is 0 Å². The third-order valence-corrected chi connectivity index (χ3v) is 13.0. The van der Waals surface area contributed by atoms with Crippen molar-refractivity contribution >= 4 is 17.9 Å². The summed E-state index contributed by atoms with van der Waals surface area (Å²) in [4.78, 5) is 38.2. The molecule has 0 fully saturated rings. The minimum atomic E-state index is -0.785. The van der Waals surface area contributed by atoms with Crippen LogP contribution in [0, 0.1) is 0 Å². The normalized spacial score (nSPS) is 12.4. The molecule has 0 spiro atoms. The highest BCUT2D eigenvalue weighted by molar-refractivity contribution is 5.71. The van der Waals surface area contributed by atoms with Crippen molar-refractivity contribution in [2.24, 2.45) is 0 Å². The lowest BCUT2D eigenvalue weighted by Crippen LogP contribution is -2.30. The Labute approximate surface area is 428 Å². The number of esters is 3. The lowest BCUT2D eigenvalue weighted by atomic mass is 10.0. The van der Waals surface area contributed by atoms with E-state index in [9.17, 15) is 14.4 Å². The highest BCUT2D eigenvalue weighted by Crippen LogP contribution is 2.17. The van der Waals surface area contributed by atoms with E-state index in [1.54, 1.807) is 0 Å². The first-order valence-corrected chi connectivity index (χ1v) is 29.8. The zero-order valence-corrected chi connectivity index (χ0v) is 45.8. The Bertz CT molecular complexity index is 1250. The first-order valence-electron chi connectivity index (χ1n) is 29.8. The predicted molar refractivity (Wildman–Crippen MR) is 298 cm³/mol. The van der Waals surface area contributed by atoms with E-state index < -0.39 is 6.10 Å². The van der Waals surface area contributed by atoms with Gasteiger partial charge in [-0.05, 0) is 83.5 Å².